The second-order valence-corrected chi connectivity index (χ2v) is 5.66. The zero-order valence-electron chi connectivity index (χ0n) is 13.6. The van der Waals surface area contributed by atoms with Gasteiger partial charge in [-0.05, 0) is 24.1 Å². The Morgan fingerprint density at radius 1 is 1.04 bits per heavy atom. The third kappa shape index (κ3) is 4.22. The van der Waals surface area contributed by atoms with Crippen LogP contribution in [-0.4, -0.2) is 26.4 Å². The lowest BCUT2D eigenvalue weighted by molar-refractivity contribution is -0.383. The molecule has 0 aliphatic rings. The zero-order chi connectivity index (χ0) is 18.4. The minimum atomic E-state index is -0.530. The van der Waals surface area contributed by atoms with Crippen LogP contribution in [0.15, 0.2) is 55.0 Å². The largest absolute Gasteiger partial charge is 0.364 e. The number of nitro groups is 1. The first-order valence-corrected chi connectivity index (χ1v) is 8.17. The third-order valence-corrected chi connectivity index (χ3v) is 3.87. The van der Waals surface area contributed by atoms with Gasteiger partial charge < -0.3 is 10.6 Å². The number of rotatable bonds is 7. The molecule has 9 heteroatoms. The normalized spacial score (nSPS) is 10.3. The topological polar surface area (TPSA) is 106 Å². The quantitative estimate of drug-likeness (QED) is 0.369. The minimum Gasteiger partial charge on any atom is -0.364 e. The summed E-state index contributed by atoms with van der Waals surface area (Å²) in [6, 6.07) is 13.1. The van der Waals surface area contributed by atoms with E-state index in [1.54, 1.807) is 12.1 Å². The van der Waals surface area contributed by atoms with Crippen molar-refractivity contribution in [2.24, 2.45) is 0 Å². The average Bonchev–Trinajstić information content (AvgIpc) is 2.64. The highest BCUT2D eigenvalue weighted by molar-refractivity contribution is 6.32. The fourth-order valence-electron chi connectivity index (χ4n) is 2.35. The molecule has 2 N–H and O–H groups in total. The minimum absolute atomic E-state index is 0.0436. The highest BCUT2D eigenvalue weighted by Crippen LogP contribution is 2.32. The van der Waals surface area contributed by atoms with Gasteiger partial charge in [-0.3, -0.25) is 10.1 Å². The summed E-state index contributed by atoms with van der Waals surface area (Å²) in [6.07, 6.45) is 3.49. The van der Waals surface area contributed by atoms with Crippen LogP contribution in [0.25, 0.3) is 0 Å². The molecule has 0 spiro atoms. The number of aromatic nitrogens is 3. The number of benzene rings is 1. The monoisotopic (exact) mass is 370 g/mol. The summed E-state index contributed by atoms with van der Waals surface area (Å²) in [6.45, 7) is 0.495. The first-order valence-electron chi connectivity index (χ1n) is 7.80. The summed E-state index contributed by atoms with van der Waals surface area (Å²) in [5.41, 5.74) is 1.30. The number of anilines is 3. The molecule has 0 aliphatic heterocycles. The Morgan fingerprint density at radius 2 is 1.81 bits per heavy atom. The van der Waals surface area contributed by atoms with Crippen LogP contribution in [0.4, 0.5) is 23.0 Å². The highest BCUT2D eigenvalue weighted by atomic mass is 35.5. The second-order valence-electron chi connectivity index (χ2n) is 5.31. The van der Waals surface area contributed by atoms with Gasteiger partial charge in [-0.1, -0.05) is 41.9 Å². The van der Waals surface area contributed by atoms with Crippen molar-refractivity contribution in [2.45, 2.75) is 6.42 Å². The fourth-order valence-corrected chi connectivity index (χ4v) is 2.52. The van der Waals surface area contributed by atoms with Crippen LogP contribution in [-0.2, 0) is 6.42 Å². The lowest BCUT2D eigenvalue weighted by Crippen LogP contribution is -2.11. The molecule has 8 nitrogen and oxygen atoms in total. The summed E-state index contributed by atoms with van der Waals surface area (Å²) in [4.78, 5) is 22.9. The number of nitrogens with zero attached hydrogens (tertiary/aromatic N) is 4. The average molecular weight is 371 g/mol. The number of hydrogen-bond acceptors (Lipinski definition) is 7. The van der Waals surface area contributed by atoms with Crippen molar-refractivity contribution in [1.82, 2.24) is 15.0 Å². The van der Waals surface area contributed by atoms with Crippen LogP contribution in [0.3, 0.4) is 0 Å². The number of pyridine rings is 1. The number of halogens is 1. The molecule has 0 amide bonds. The Bertz CT molecular complexity index is 907. The molecule has 132 valence electrons. The summed E-state index contributed by atoms with van der Waals surface area (Å²) in [5.74, 6) is 0.186. The molecule has 0 fully saturated rings. The Balaban J connectivity index is 1.80. The van der Waals surface area contributed by atoms with Gasteiger partial charge in [-0.2, -0.15) is 0 Å². The predicted molar refractivity (Wildman–Crippen MR) is 99.9 cm³/mol. The van der Waals surface area contributed by atoms with E-state index in [-0.39, 0.29) is 22.5 Å². The van der Waals surface area contributed by atoms with E-state index in [9.17, 15) is 10.1 Å². The Labute approximate surface area is 154 Å². The maximum absolute atomic E-state index is 11.5. The van der Waals surface area contributed by atoms with Crippen LogP contribution in [0.1, 0.15) is 5.56 Å². The Hall–Kier alpha value is -3.26. The van der Waals surface area contributed by atoms with Crippen molar-refractivity contribution < 1.29 is 4.92 Å². The van der Waals surface area contributed by atoms with E-state index in [0.717, 1.165) is 5.56 Å². The zero-order valence-corrected chi connectivity index (χ0v) is 14.3. The smallest absolute Gasteiger partial charge is 0.353 e. The maximum Gasteiger partial charge on any atom is 0.353 e. The standard InChI is InChI=1S/C17H15ClN6O2/c18-15-13(7-4-9-19-15)23-17-14(24(25)26)16(21-11-22-17)20-10-8-12-5-2-1-3-6-12/h1-7,9,11H,8,10H2,(H2,20,21,22,23). The molecular formula is C17H15ClN6O2. The van der Waals surface area contributed by atoms with Crippen LogP contribution >= 0.6 is 11.6 Å². The van der Waals surface area contributed by atoms with E-state index in [2.05, 4.69) is 25.6 Å². The van der Waals surface area contributed by atoms with Crippen molar-refractivity contribution in [3.05, 3.63) is 75.8 Å². The van der Waals surface area contributed by atoms with Gasteiger partial charge in [0.05, 0.1) is 10.6 Å². The molecule has 0 radical (unpaired) electrons. The van der Waals surface area contributed by atoms with E-state index in [1.165, 1.54) is 12.5 Å². The molecule has 2 heterocycles. The van der Waals surface area contributed by atoms with Gasteiger partial charge in [0, 0.05) is 12.7 Å². The molecule has 26 heavy (non-hydrogen) atoms. The SMILES string of the molecule is O=[N+]([O-])c1c(NCCc2ccccc2)ncnc1Nc1cccnc1Cl. The van der Waals surface area contributed by atoms with Crippen LogP contribution in [0.2, 0.25) is 5.15 Å². The van der Waals surface area contributed by atoms with Crippen LogP contribution in [0.5, 0.6) is 0 Å². The van der Waals surface area contributed by atoms with E-state index in [0.29, 0.717) is 18.7 Å². The summed E-state index contributed by atoms with van der Waals surface area (Å²) in [5, 5.41) is 17.6. The molecule has 0 aliphatic carbocycles. The van der Waals surface area contributed by atoms with E-state index in [4.69, 9.17) is 11.6 Å². The maximum atomic E-state index is 11.5. The van der Waals surface area contributed by atoms with E-state index in [1.807, 2.05) is 30.3 Å². The molecule has 0 saturated carbocycles. The fraction of sp³-hybridized carbons (Fsp3) is 0.118. The molecule has 0 bridgehead atoms. The molecule has 0 unspecified atom stereocenters. The summed E-state index contributed by atoms with van der Waals surface area (Å²) >= 11 is 5.99. The Morgan fingerprint density at radius 3 is 2.54 bits per heavy atom. The molecule has 1 aromatic carbocycles. The van der Waals surface area contributed by atoms with Crippen molar-refractivity contribution in [1.29, 1.82) is 0 Å². The highest BCUT2D eigenvalue weighted by Gasteiger charge is 2.23. The van der Waals surface area contributed by atoms with Gasteiger partial charge in [0.15, 0.2) is 5.15 Å². The number of nitrogens with one attached hydrogen (secondary N) is 2. The van der Waals surface area contributed by atoms with Gasteiger partial charge in [0.2, 0.25) is 11.6 Å². The van der Waals surface area contributed by atoms with Crippen molar-refractivity contribution >= 4 is 34.6 Å². The number of hydrogen-bond donors (Lipinski definition) is 2. The van der Waals surface area contributed by atoms with E-state index >= 15 is 0 Å². The lowest BCUT2D eigenvalue weighted by Gasteiger charge is -2.10. The van der Waals surface area contributed by atoms with E-state index < -0.39 is 4.92 Å². The van der Waals surface area contributed by atoms with Gasteiger partial charge in [-0.25, -0.2) is 15.0 Å². The molecule has 0 saturated heterocycles. The first-order chi connectivity index (χ1) is 12.6. The molecule has 0 atom stereocenters. The molecule has 3 rings (SSSR count). The molecule has 3 aromatic rings. The van der Waals surface area contributed by atoms with Crippen molar-refractivity contribution in [2.75, 3.05) is 17.2 Å². The Kier molecular flexibility index (Phi) is 5.55. The van der Waals surface area contributed by atoms with Gasteiger partial charge in [-0.15, -0.1) is 0 Å². The molecular weight excluding hydrogens is 356 g/mol. The van der Waals surface area contributed by atoms with Crippen LogP contribution < -0.4 is 10.6 Å². The molecule has 2 aromatic heterocycles. The van der Waals surface area contributed by atoms with Gasteiger partial charge >= 0.3 is 5.69 Å². The predicted octanol–water partition coefficient (Wildman–Crippen LogP) is 3.83. The second kappa shape index (κ2) is 8.21. The summed E-state index contributed by atoms with van der Waals surface area (Å²) in [7, 11) is 0. The van der Waals surface area contributed by atoms with Crippen molar-refractivity contribution in [3.63, 3.8) is 0 Å². The third-order valence-electron chi connectivity index (χ3n) is 3.57. The van der Waals surface area contributed by atoms with Crippen molar-refractivity contribution in [3.8, 4) is 0 Å². The van der Waals surface area contributed by atoms with Gasteiger partial charge in [0.25, 0.3) is 0 Å². The lowest BCUT2D eigenvalue weighted by atomic mass is 10.1. The summed E-state index contributed by atoms with van der Waals surface area (Å²) < 4.78 is 0. The van der Waals surface area contributed by atoms with Crippen LogP contribution in [0, 0.1) is 10.1 Å². The first kappa shape index (κ1) is 17.6. The van der Waals surface area contributed by atoms with Gasteiger partial charge in [0.1, 0.15) is 6.33 Å².